The lowest BCUT2D eigenvalue weighted by Crippen LogP contribution is -2.48. The van der Waals surface area contributed by atoms with Gasteiger partial charge in [0.2, 0.25) is 11.8 Å². The van der Waals surface area contributed by atoms with Crippen LogP contribution >= 0.6 is 12.4 Å². The molecule has 43 heavy (non-hydrogen) atoms. The van der Waals surface area contributed by atoms with E-state index in [0.717, 1.165) is 25.1 Å². The molecule has 0 unspecified atom stereocenters. The summed E-state index contributed by atoms with van der Waals surface area (Å²) in [5.74, 6) is -0.278. The van der Waals surface area contributed by atoms with E-state index in [0.29, 0.717) is 39.1 Å². The van der Waals surface area contributed by atoms with Crippen LogP contribution in [0.4, 0.5) is 0 Å². The molecule has 1 aromatic carbocycles. The number of hydrogen-bond donors (Lipinski definition) is 4. The molecule has 7 nitrogen and oxygen atoms in total. The Balaban J connectivity index is 0.0000176. The molecule has 0 radical (unpaired) electrons. The van der Waals surface area contributed by atoms with Crippen molar-refractivity contribution < 1.29 is 14.3 Å². The van der Waals surface area contributed by atoms with Crippen molar-refractivity contribution in [3.05, 3.63) is 35.9 Å². The van der Waals surface area contributed by atoms with E-state index in [4.69, 9.17) is 10.5 Å². The van der Waals surface area contributed by atoms with E-state index < -0.39 is 6.04 Å². The Hall–Kier alpha value is -1.67. The van der Waals surface area contributed by atoms with Crippen LogP contribution in [0.2, 0.25) is 0 Å². The first-order valence-electron chi connectivity index (χ1n) is 17.3. The topological polar surface area (TPSA) is 105 Å². The van der Waals surface area contributed by atoms with Crippen molar-refractivity contribution in [2.24, 2.45) is 5.73 Å². The Morgan fingerprint density at radius 2 is 1.26 bits per heavy atom. The summed E-state index contributed by atoms with van der Waals surface area (Å²) >= 11 is 0. The normalized spacial score (nSPS) is 11.6. The molecule has 1 rings (SSSR count). The van der Waals surface area contributed by atoms with Crippen LogP contribution in [0, 0.1) is 0 Å². The Morgan fingerprint density at radius 3 is 1.81 bits per heavy atom. The maximum absolute atomic E-state index is 12.8. The number of carbonyl (C=O) groups excluding carboxylic acids is 2. The third-order valence-corrected chi connectivity index (χ3v) is 7.71. The highest BCUT2D eigenvalue weighted by Crippen LogP contribution is 2.13. The smallest absolute Gasteiger partial charge is 0.243 e. The largest absolute Gasteiger partial charge is 0.378 e. The quantitative estimate of drug-likeness (QED) is 0.0700. The lowest BCUT2D eigenvalue weighted by molar-refractivity contribution is -0.129. The average molecular weight is 625 g/mol. The van der Waals surface area contributed by atoms with Gasteiger partial charge in [-0.3, -0.25) is 9.59 Å². The summed E-state index contributed by atoms with van der Waals surface area (Å²) in [5.41, 5.74) is 6.44. The maximum atomic E-state index is 12.8. The molecule has 0 aliphatic rings. The number of nitrogens with two attached hydrogens (primary N) is 1. The first kappa shape index (κ1) is 41.3. The molecule has 0 bridgehead atoms. The van der Waals surface area contributed by atoms with Gasteiger partial charge in [-0.25, -0.2) is 0 Å². The number of ether oxygens (including phenoxy) is 1. The second-order valence-electron chi connectivity index (χ2n) is 11.7. The van der Waals surface area contributed by atoms with Gasteiger partial charge in [0, 0.05) is 25.9 Å². The van der Waals surface area contributed by atoms with Crippen LogP contribution in [0.3, 0.4) is 0 Å². The van der Waals surface area contributed by atoms with Crippen molar-refractivity contribution in [2.75, 3.05) is 39.4 Å². The van der Waals surface area contributed by atoms with Crippen LogP contribution in [0.15, 0.2) is 30.3 Å². The van der Waals surface area contributed by atoms with Gasteiger partial charge in [-0.15, -0.1) is 12.4 Å². The van der Waals surface area contributed by atoms with Crippen molar-refractivity contribution >= 4 is 24.2 Å². The van der Waals surface area contributed by atoms with Gasteiger partial charge in [-0.2, -0.15) is 0 Å². The fraction of sp³-hybridized carbons (Fsp3) is 0.771. The first-order valence-corrected chi connectivity index (χ1v) is 17.3. The minimum absolute atomic E-state index is 0. The summed E-state index contributed by atoms with van der Waals surface area (Å²) < 4.78 is 5.33. The third kappa shape index (κ3) is 26.5. The Kier molecular flexibility index (Phi) is 30.5. The highest BCUT2D eigenvalue weighted by molar-refractivity contribution is 5.87. The van der Waals surface area contributed by atoms with Gasteiger partial charge in [0.05, 0.1) is 13.2 Å². The van der Waals surface area contributed by atoms with Crippen molar-refractivity contribution in [3.63, 3.8) is 0 Å². The molecule has 0 aliphatic heterocycles. The Labute approximate surface area is 270 Å². The zero-order valence-corrected chi connectivity index (χ0v) is 28.2. The van der Waals surface area contributed by atoms with Crippen molar-refractivity contribution in [1.29, 1.82) is 0 Å². The second-order valence-corrected chi connectivity index (χ2v) is 11.7. The maximum Gasteiger partial charge on any atom is 0.243 e. The highest BCUT2D eigenvalue weighted by Gasteiger charge is 2.20. The molecule has 0 aliphatic carbocycles. The number of unbranched alkanes of at least 4 members (excludes halogenated alkanes) is 15. The van der Waals surface area contributed by atoms with E-state index in [9.17, 15) is 9.59 Å². The van der Waals surface area contributed by atoms with E-state index in [1.54, 1.807) is 0 Å². The van der Waals surface area contributed by atoms with Crippen LogP contribution < -0.4 is 21.7 Å². The standard InChI is InChI=1S/C35H64N4O3.ClH/c1-2-3-4-5-6-7-8-9-10-11-12-13-14-15-16-20-26-37-27-21-24-34(40)39-33(31-32-22-18-17-19-23-32)35(41)38-28-30-42-29-25-36;/h17-19,22-23,33,37H,2-16,20-21,24-31,36H2,1H3,(H,38,41)(H,39,40);1H/t33-;/m0./s1. The molecule has 250 valence electrons. The second kappa shape index (κ2) is 31.7. The van der Waals surface area contributed by atoms with Gasteiger partial charge in [-0.05, 0) is 31.5 Å². The molecule has 8 heteroatoms. The molecule has 0 aromatic heterocycles. The van der Waals surface area contributed by atoms with Crippen LogP contribution in [0.25, 0.3) is 0 Å². The number of amides is 2. The van der Waals surface area contributed by atoms with Crippen molar-refractivity contribution in [3.8, 4) is 0 Å². The number of rotatable bonds is 30. The molecular formula is C35H65ClN4O3. The van der Waals surface area contributed by atoms with Crippen LogP contribution in [-0.4, -0.2) is 57.2 Å². The first-order chi connectivity index (χ1) is 20.7. The highest BCUT2D eigenvalue weighted by atomic mass is 35.5. The predicted molar refractivity (Wildman–Crippen MR) is 184 cm³/mol. The molecule has 0 spiro atoms. The van der Waals surface area contributed by atoms with Gasteiger partial charge < -0.3 is 26.4 Å². The molecule has 0 heterocycles. The summed E-state index contributed by atoms with van der Waals surface area (Å²) in [6.45, 7) is 5.82. The fourth-order valence-corrected chi connectivity index (χ4v) is 5.18. The van der Waals surface area contributed by atoms with Crippen LogP contribution in [0.5, 0.6) is 0 Å². The van der Waals surface area contributed by atoms with E-state index in [2.05, 4.69) is 22.9 Å². The number of nitrogens with one attached hydrogen (secondary N) is 3. The van der Waals surface area contributed by atoms with E-state index in [1.807, 2.05) is 30.3 Å². The molecule has 2 amide bonds. The van der Waals surface area contributed by atoms with Gasteiger partial charge in [0.1, 0.15) is 6.04 Å². The molecule has 1 aromatic rings. The third-order valence-electron chi connectivity index (χ3n) is 7.71. The SMILES string of the molecule is CCCCCCCCCCCCCCCCCCNCCCC(=O)N[C@@H](Cc1ccccc1)C(=O)NCCOCCN.Cl. The lowest BCUT2D eigenvalue weighted by atomic mass is 10.0. The minimum Gasteiger partial charge on any atom is -0.378 e. The Bertz CT molecular complexity index is 754. The average Bonchev–Trinajstić information content (AvgIpc) is 3.00. The van der Waals surface area contributed by atoms with Crippen LogP contribution in [0.1, 0.15) is 128 Å². The number of hydrogen-bond acceptors (Lipinski definition) is 5. The fourth-order valence-electron chi connectivity index (χ4n) is 5.18. The van der Waals surface area contributed by atoms with Gasteiger partial charge in [-0.1, -0.05) is 134 Å². The summed E-state index contributed by atoms with van der Waals surface area (Å²) in [6, 6.07) is 9.17. The minimum atomic E-state index is -0.604. The summed E-state index contributed by atoms with van der Waals surface area (Å²) in [4.78, 5) is 25.4. The van der Waals surface area contributed by atoms with Crippen LogP contribution in [-0.2, 0) is 20.7 Å². The molecule has 1 atom stereocenters. The number of halogens is 1. The Morgan fingerprint density at radius 1 is 0.721 bits per heavy atom. The monoisotopic (exact) mass is 624 g/mol. The van der Waals surface area contributed by atoms with E-state index in [-0.39, 0.29) is 24.2 Å². The number of carbonyl (C=O) groups is 2. The zero-order valence-electron chi connectivity index (χ0n) is 27.4. The molecule has 0 fully saturated rings. The predicted octanol–water partition coefficient (Wildman–Crippen LogP) is 6.86. The molecule has 0 saturated heterocycles. The molecule has 0 saturated carbocycles. The van der Waals surface area contributed by atoms with E-state index >= 15 is 0 Å². The van der Waals surface area contributed by atoms with Gasteiger partial charge >= 0.3 is 0 Å². The van der Waals surface area contributed by atoms with E-state index in [1.165, 1.54) is 103 Å². The van der Waals surface area contributed by atoms with Gasteiger partial charge in [0.15, 0.2) is 0 Å². The molecule has 5 N–H and O–H groups in total. The summed E-state index contributed by atoms with van der Waals surface area (Å²) in [5, 5.41) is 9.27. The van der Waals surface area contributed by atoms with Crippen molar-refractivity contribution in [1.82, 2.24) is 16.0 Å². The lowest BCUT2D eigenvalue weighted by Gasteiger charge is -2.19. The number of benzene rings is 1. The molecular weight excluding hydrogens is 560 g/mol. The zero-order chi connectivity index (χ0) is 30.4. The summed E-state index contributed by atoms with van der Waals surface area (Å²) in [7, 11) is 0. The van der Waals surface area contributed by atoms with Crippen molar-refractivity contribution in [2.45, 2.75) is 135 Å². The van der Waals surface area contributed by atoms with Gasteiger partial charge in [0.25, 0.3) is 0 Å². The summed E-state index contributed by atoms with van der Waals surface area (Å²) in [6.07, 6.45) is 23.7.